The normalized spacial score (nSPS) is 27.2. The number of aromatic nitrogens is 1. The Kier molecular flexibility index (Phi) is 2.65. The molecule has 1 aromatic heterocycles. The van der Waals surface area contributed by atoms with Crippen LogP contribution in [0.5, 0.6) is 0 Å². The zero-order valence-electron chi connectivity index (χ0n) is 12.3. The summed E-state index contributed by atoms with van der Waals surface area (Å²) in [6.45, 7) is 5.29. The molecule has 2 aromatic rings. The average molecular weight is 286 g/mol. The number of halogens is 1. The largest absolute Gasteiger partial charge is 0.350 e. The Morgan fingerprint density at radius 2 is 1.95 bits per heavy atom. The molecule has 2 aliphatic rings. The van der Waals surface area contributed by atoms with Crippen LogP contribution < -0.4 is 0 Å². The maximum Gasteiger partial charge on any atom is 0.270 e. The van der Waals surface area contributed by atoms with Crippen LogP contribution in [0.4, 0.5) is 4.39 Å². The summed E-state index contributed by atoms with van der Waals surface area (Å²) in [5.74, 6) is 1.05. The molecule has 110 valence electrons. The number of H-pyrrole nitrogens is 1. The quantitative estimate of drug-likeness (QED) is 0.905. The first kappa shape index (κ1) is 12.9. The van der Waals surface area contributed by atoms with Crippen LogP contribution in [0, 0.1) is 31.6 Å². The maximum atomic E-state index is 12.7. The average Bonchev–Trinajstić information content (AvgIpc) is 2.87. The highest BCUT2D eigenvalue weighted by Gasteiger charge is 2.56. The Balaban J connectivity index is 1.61. The van der Waals surface area contributed by atoms with Crippen molar-refractivity contribution >= 4 is 16.8 Å². The Hall–Kier alpha value is -1.84. The molecule has 1 unspecified atom stereocenters. The van der Waals surface area contributed by atoms with Gasteiger partial charge in [-0.25, -0.2) is 0 Å². The fraction of sp³-hybridized carbons (Fsp3) is 0.471. The van der Waals surface area contributed by atoms with Crippen molar-refractivity contribution in [1.29, 1.82) is 0 Å². The maximum absolute atomic E-state index is 12.7. The van der Waals surface area contributed by atoms with Crippen molar-refractivity contribution in [3.63, 3.8) is 0 Å². The number of alkyl halides is 1. The van der Waals surface area contributed by atoms with Crippen LogP contribution in [0.15, 0.2) is 18.2 Å². The van der Waals surface area contributed by atoms with E-state index >= 15 is 0 Å². The Bertz CT molecular complexity index is 685. The lowest BCUT2D eigenvalue weighted by Crippen LogP contribution is -2.32. The number of carbonyl (C=O) groups is 1. The number of nitrogens with zero attached hydrogens (tertiary/aromatic N) is 1. The first-order valence-electron chi connectivity index (χ1n) is 7.54. The van der Waals surface area contributed by atoms with Crippen molar-refractivity contribution in [1.82, 2.24) is 9.88 Å². The van der Waals surface area contributed by atoms with Gasteiger partial charge in [-0.05, 0) is 48.8 Å². The van der Waals surface area contributed by atoms with E-state index < -0.39 is 0 Å². The number of hydrogen-bond acceptors (Lipinski definition) is 1. The van der Waals surface area contributed by atoms with Crippen LogP contribution in [-0.4, -0.2) is 35.6 Å². The topological polar surface area (TPSA) is 36.1 Å². The van der Waals surface area contributed by atoms with Crippen LogP contribution in [0.2, 0.25) is 0 Å². The van der Waals surface area contributed by atoms with Crippen LogP contribution in [0.3, 0.4) is 0 Å². The number of rotatable bonds is 2. The third-order valence-corrected chi connectivity index (χ3v) is 5.29. The number of likely N-dealkylation sites (tertiary alicyclic amines) is 1. The van der Waals surface area contributed by atoms with Gasteiger partial charge in [0.1, 0.15) is 5.69 Å². The fourth-order valence-corrected chi connectivity index (χ4v) is 3.83. The first-order valence-corrected chi connectivity index (χ1v) is 7.54. The number of piperidine rings is 1. The smallest absolute Gasteiger partial charge is 0.270 e. The van der Waals surface area contributed by atoms with E-state index in [9.17, 15) is 9.18 Å². The number of fused-ring (bicyclic) bond motifs is 2. The second kappa shape index (κ2) is 4.33. The summed E-state index contributed by atoms with van der Waals surface area (Å²) in [7, 11) is 0. The zero-order valence-corrected chi connectivity index (χ0v) is 12.3. The van der Waals surface area contributed by atoms with E-state index in [0.29, 0.717) is 30.6 Å². The van der Waals surface area contributed by atoms with Crippen LogP contribution >= 0.6 is 0 Å². The molecule has 4 heteroatoms. The second-order valence-corrected chi connectivity index (χ2v) is 6.53. The molecule has 0 bridgehead atoms. The first-order chi connectivity index (χ1) is 10.1. The van der Waals surface area contributed by atoms with Gasteiger partial charge in [-0.1, -0.05) is 12.1 Å². The molecule has 1 aromatic carbocycles. The van der Waals surface area contributed by atoms with Gasteiger partial charge in [-0.2, -0.15) is 0 Å². The molecule has 1 saturated carbocycles. The minimum Gasteiger partial charge on any atom is -0.350 e. The van der Waals surface area contributed by atoms with Gasteiger partial charge in [0.2, 0.25) is 0 Å². The van der Waals surface area contributed by atoms with Crippen molar-refractivity contribution < 1.29 is 9.18 Å². The third kappa shape index (κ3) is 1.81. The van der Waals surface area contributed by atoms with E-state index in [-0.39, 0.29) is 18.5 Å². The summed E-state index contributed by atoms with van der Waals surface area (Å²) in [5, 5.41) is 1.12. The van der Waals surface area contributed by atoms with Crippen molar-refractivity contribution in [3.05, 3.63) is 35.0 Å². The van der Waals surface area contributed by atoms with Crippen LogP contribution in [0.1, 0.15) is 21.6 Å². The summed E-state index contributed by atoms with van der Waals surface area (Å²) >= 11 is 0. The lowest BCUT2D eigenvalue weighted by molar-refractivity contribution is 0.0760. The molecular formula is C17H19FN2O. The summed E-state index contributed by atoms with van der Waals surface area (Å²) in [6, 6.07) is 6.10. The number of aryl methyl sites for hydroxylation is 2. The van der Waals surface area contributed by atoms with Gasteiger partial charge in [0.15, 0.2) is 0 Å². The molecule has 1 amide bonds. The Morgan fingerprint density at radius 3 is 2.57 bits per heavy atom. The summed E-state index contributed by atoms with van der Waals surface area (Å²) in [4.78, 5) is 17.7. The van der Waals surface area contributed by atoms with Crippen molar-refractivity contribution in [2.24, 2.45) is 17.8 Å². The Morgan fingerprint density at radius 1 is 1.29 bits per heavy atom. The lowest BCUT2D eigenvalue weighted by atomic mass is 10.1. The molecular weight excluding hydrogens is 267 g/mol. The standard InChI is InChI=1S/C17H19FN2O/c1-9-3-4-10(2)16-11(9)5-15(19-16)17(21)20-7-13-12(6-18)14(13)8-20/h3-5,12-14,19H,6-8H2,1-2H3/t12?,13-,14+. The number of amides is 1. The van der Waals surface area contributed by atoms with E-state index in [2.05, 4.69) is 24.0 Å². The number of carbonyl (C=O) groups excluding carboxylic acids is 1. The molecule has 3 nitrogen and oxygen atoms in total. The highest BCUT2D eigenvalue weighted by Crippen LogP contribution is 2.52. The number of benzene rings is 1. The Labute approximate surface area is 123 Å². The molecule has 1 saturated heterocycles. The SMILES string of the molecule is Cc1ccc(C)c2[nH]c(C(=O)N3C[C@@H]4C(CF)[C@@H]4C3)cc12. The molecule has 2 fully saturated rings. The highest BCUT2D eigenvalue weighted by atomic mass is 19.1. The number of nitrogens with one attached hydrogen (secondary N) is 1. The molecule has 0 spiro atoms. The van der Waals surface area contributed by atoms with E-state index in [0.717, 1.165) is 16.5 Å². The monoisotopic (exact) mass is 286 g/mol. The molecule has 3 atom stereocenters. The van der Waals surface area contributed by atoms with Gasteiger partial charge in [0.25, 0.3) is 5.91 Å². The van der Waals surface area contributed by atoms with E-state index in [4.69, 9.17) is 0 Å². The minimum absolute atomic E-state index is 0.0507. The summed E-state index contributed by atoms with van der Waals surface area (Å²) in [5.41, 5.74) is 4.02. The van der Waals surface area contributed by atoms with Crippen molar-refractivity contribution in [2.75, 3.05) is 19.8 Å². The van der Waals surface area contributed by atoms with E-state index in [1.165, 1.54) is 5.56 Å². The molecule has 21 heavy (non-hydrogen) atoms. The van der Waals surface area contributed by atoms with Crippen LogP contribution in [-0.2, 0) is 0 Å². The predicted molar refractivity (Wildman–Crippen MR) is 80.1 cm³/mol. The molecule has 0 radical (unpaired) electrons. The van der Waals surface area contributed by atoms with Crippen molar-refractivity contribution in [2.45, 2.75) is 13.8 Å². The summed E-state index contributed by atoms with van der Waals surface area (Å²) < 4.78 is 12.7. The number of aromatic amines is 1. The van der Waals surface area contributed by atoms with E-state index in [1.54, 1.807) is 0 Å². The molecule has 1 N–H and O–H groups in total. The third-order valence-electron chi connectivity index (χ3n) is 5.29. The molecule has 4 rings (SSSR count). The zero-order chi connectivity index (χ0) is 14.7. The second-order valence-electron chi connectivity index (χ2n) is 6.53. The molecule has 1 aliphatic heterocycles. The number of hydrogen-bond donors (Lipinski definition) is 1. The van der Waals surface area contributed by atoms with Gasteiger partial charge >= 0.3 is 0 Å². The van der Waals surface area contributed by atoms with E-state index in [1.807, 2.05) is 17.9 Å². The minimum atomic E-state index is -0.234. The van der Waals surface area contributed by atoms with Gasteiger partial charge in [0.05, 0.1) is 6.67 Å². The van der Waals surface area contributed by atoms with Crippen molar-refractivity contribution in [3.8, 4) is 0 Å². The molecule has 2 heterocycles. The summed E-state index contributed by atoms with van der Waals surface area (Å²) in [6.07, 6.45) is 0. The van der Waals surface area contributed by atoms with Gasteiger partial charge < -0.3 is 9.88 Å². The van der Waals surface area contributed by atoms with Gasteiger partial charge in [0, 0.05) is 24.0 Å². The van der Waals surface area contributed by atoms with Crippen LogP contribution in [0.25, 0.3) is 10.9 Å². The lowest BCUT2D eigenvalue weighted by Gasteiger charge is -2.18. The highest BCUT2D eigenvalue weighted by molar-refractivity contribution is 5.99. The molecule has 1 aliphatic carbocycles. The van der Waals surface area contributed by atoms with Gasteiger partial charge in [-0.15, -0.1) is 0 Å². The predicted octanol–water partition coefficient (Wildman–Crippen LogP) is 3.07. The fourth-order valence-electron chi connectivity index (χ4n) is 3.83. The van der Waals surface area contributed by atoms with Gasteiger partial charge in [-0.3, -0.25) is 9.18 Å².